The number of aryl methyl sites for hydroxylation is 2. The van der Waals surface area contributed by atoms with Crippen LogP contribution in [0.4, 0.5) is 5.69 Å². The molecule has 1 aliphatic rings. The lowest BCUT2D eigenvalue weighted by Crippen LogP contribution is -2.54. The van der Waals surface area contributed by atoms with Gasteiger partial charge in [-0.25, -0.2) is 4.79 Å². The molecule has 2 heterocycles. The van der Waals surface area contributed by atoms with E-state index in [0.29, 0.717) is 31.7 Å². The Morgan fingerprint density at radius 3 is 2.48 bits per heavy atom. The number of carbonyl (C=O) groups excluding carboxylic acids is 1. The highest BCUT2D eigenvalue weighted by molar-refractivity contribution is 5.99. The van der Waals surface area contributed by atoms with Crippen molar-refractivity contribution in [2.45, 2.75) is 18.4 Å². The molecule has 0 saturated carbocycles. The Labute approximate surface area is 139 Å². The summed E-state index contributed by atoms with van der Waals surface area (Å²) in [6, 6.07) is 5.39. The lowest BCUT2D eigenvalue weighted by Gasteiger charge is -2.31. The number of hydrogen-bond donors (Lipinski definition) is 2. The summed E-state index contributed by atoms with van der Waals surface area (Å²) < 4.78 is 8.38. The standard InChI is InChI=1S/C15H20N4O3.ClH/c1-18-11-4-3-10(9-12(11)19(2)14(18)21)17-13(20)15(16)5-7-22-8-6-15;/h3-4,9H,5-8,16H2,1-2H3,(H,17,20);1H. The fourth-order valence-electron chi connectivity index (χ4n) is 2.80. The second-order valence-electron chi connectivity index (χ2n) is 5.83. The highest BCUT2D eigenvalue weighted by Crippen LogP contribution is 2.22. The van der Waals surface area contributed by atoms with Gasteiger partial charge < -0.3 is 15.8 Å². The normalized spacial score (nSPS) is 16.8. The van der Waals surface area contributed by atoms with Gasteiger partial charge in [-0.2, -0.15) is 0 Å². The van der Waals surface area contributed by atoms with Crippen molar-refractivity contribution in [1.29, 1.82) is 0 Å². The van der Waals surface area contributed by atoms with Crippen LogP contribution in [0.25, 0.3) is 11.0 Å². The first kappa shape index (κ1) is 17.5. The molecule has 1 saturated heterocycles. The Hall–Kier alpha value is -1.83. The third-order valence-corrected chi connectivity index (χ3v) is 4.37. The summed E-state index contributed by atoms with van der Waals surface area (Å²) in [5, 5.41) is 2.86. The largest absolute Gasteiger partial charge is 0.381 e. The van der Waals surface area contributed by atoms with Crippen molar-refractivity contribution in [3.05, 3.63) is 28.7 Å². The van der Waals surface area contributed by atoms with Gasteiger partial charge in [0.05, 0.1) is 11.0 Å². The minimum Gasteiger partial charge on any atom is -0.381 e. The monoisotopic (exact) mass is 340 g/mol. The number of nitrogens with zero attached hydrogens (tertiary/aromatic N) is 2. The fourth-order valence-corrected chi connectivity index (χ4v) is 2.80. The zero-order valence-corrected chi connectivity index (χ0v) is 14.0. The molecular formula is C15H21ClN4O3. The molecule has 1 fully saturated rings. The molecule has 3 rings (SSSR count). The number of ether oxygens (including phenoxy) is 1. The molecule has 126 valence electrons. The van der Waals surface area contributed by atoms with Crippen molar-refractivity contribution < 1.29 is 9.53 Å². The van der Waals surface area contributed by atoms with Gasteiger partial charge in [-0.05, 0) is 31.0 Å². The molecule has 0 unspecified atom stereocenters. The molecule has 1 aliphatic heterocycles. The van der Waals surface area contributed by atoms with E-state index in [1.165, 1.54) is 0 Å². The molecule has 0 spiro atoms. The fraction of sp³-hybridized carbons (Fsp3) is 0.467. The third kappa shape index (κ3) is 2.99. The van der Waals surface area contributed by atoms with Gasteiger partial charge in [0.2, 0.25) is 5.91 Å². The number of aromatic nitrogens is 2. The van der Waals surface area contributed by atoms with E-state index in [-0.39, 0.29) is 24.0 Å². The minimum atomic E-state index is -0.893. The van der Waals surface area contributed by atoms with E-state index in [2.05, 4.69) is 5.32 Å². The molecule has 1 amide bonds. The molecule has 0 aliphatic carbocycles. The van der Waals surface area contributed by atoms with Crippen molar-refractivity contribution in [3.8, 4) is 0 Å². The maximum Gasteiger partial charge on any atom is 0.328 e. The maximum atomic E-state index is 12.4. The van der Waals surface area contributed by atoms with Gasteiger partial charge in [-0.1, -0.05) is 0 Å². The smallest absolute Gasteiger partial charge is 0.328 e. The van der Waals surface area contributed by atoms with Crippen molar-refractivity contribution >= 4 is 35.0 Å². The predicted molar refractivity (Wildman–Crippen MR) is 91.0 cm³/mol. The van der Waals surface area contributed by atoms with E-state index < -0.39 is 5.54 Å². The molecule has 23 heavy (non-hydrogen) atoms. The van der Waals surface area contributed by atoms with Crippen molar-refractivity contribution in [3.63, 3.8) is 0 Å². The van der Waals surface area contributed by atoms with Crippen LogP contribution in [0.5, 0.6) is 0 Å². The number of carbonyl (C=O) groups is 1. The van der Waals surface area contributed by atoms with Gasteiger partial charge in [-0.15, -0.1) is 12.4 Å². The number of nitrogens with two attached hydrogens (primary N) is 1. The number of hydrogen-bond acceptors (Lipinski definition) is 4. The van der Waals surface area contributed by atoms with Gasteiger partial charge in [-0.3, -0.25) is 13.9 Å². The molecule has 7 nitrogen and oxygen atoms in total. The third-order valence-electron chi connectivity index (χ3n) is 4.37. The van der Waals surface area contributed by atoms with Crippen molar-refractivity contribution in [1.82, 2.24) is 9.13 Å². The number of halogens is 1. The summed E-state index contributed by atoms with van der Waals surface area (Å²) in [5.74, 6) is -0.212. The molecule has 0 radical (unpaired) electrons. The first-order valence-electron chi connectivity index (χ1n) is 7.26. The van der Waals surface area contributed by atoms with E-state index in [0.717, 1.165) is 11.0 Å². The highest BCUT2D eigenvalue weighted by atomic mass is 35.5. The second kappa shape index (κ2) is 6.35. The summed E-state index contributed by atoms with van der Waals surface area (Å²) >= 11 is 0. The summed E-state index contributed by atoms with van der Waals surface area (Å²) in [4.78, 5) is 24.3. The van der Waals surface area contributed by atoms with Gasteiger partial charge in [0, 0.05) is 33.0 Å². The van der Waals surface area contributed by atoms with Gasteiger partial charge in [0.1, 0.15) is 5.54 Å². The van der Waals surface area contributed by atoms with Crippen LogP contribution >= 0.6 is 12.4 Å². The molecule has 2 aromatic rings. The molecule has 1 aromatic carbocycles. The molecule has 1 aromatic heterocycles. The molecule has 8 heteroatoms. The van der Waals surface area contributed by atoms with Gasteiger partial charge >= 0.3 is 5.69 Å². The Balaban J connectivity index is 0.00000192. The summed E-state index contributed by atoms with van der Waals surface area (Å²) in [6.07, 6.45) is 1.01. The lowest BCUT2D eigenvalue weighted by atomic mass is 9.90. The average Bonchev–Trinajstić information content (AvgIpc) is 2.73. The van der Waals surface area contributed by atoms with Crippen LogP contribution < -0.4 is 16.7 Å². The summed E-state index contributed by atoms with van der Waals surface area (Å²) in [7, 11) is 3.43. The van der Waals surface area contributed by atoms with E-state index in [4.69, 9.17) is 10.5 Å². The number of nitrogens with one attached hydrogen (secondary N) is 1. The highest BCUT2D eigenvalue weighted by Gasteiger charge is 2.35. The summed E-state index contributed by atoms with van der Waals surface area (Å²) in [6.45, 7) is 0.992. The zero-order chi connectivity index (χ0) is 15.9. The van der Waals surface area contributed by atoms with Crippen molar-refractivity contribution in [2.24, 2.45) is 19.8 Å². The number of benzene rings is 1. The average molecular weight is 341 g/mol. The topological polar surface area (TPSA) is 91.3 Å². The Kier molecular flexibility index (Phi) is 4.84. The first-order valence-corrected chi connectivity index (χ1v) is 7.26. The second-order valence-corrected chi connectivity index (χ2v) is 5.83. The predicted octanol–water partition coefficient (Wildman–Crippen LogP) is 0.745. The van der Waals surface area contributed by atoms with Crippen LogP contribution in [0.3, 0.4) is 0 Å². The van der Waals surface area contributed by atoms with Gasteiger partial charge in [0.15, 0.2) is 0 Å². The van der Waals surface area contributed by atoms with Crippen LogP contribution in [0.15, 0.2) is 23.0 Å². The van der Waals surface area contributed by atoms with Gasteiger partial charge in [0.25, 0.3) is 0 Å². The minimum absolute atomic E-state index is 0. The molecule has 0 bridgehead atoms. The summed E-state index contributed by atoms with van der Waals surface area (Å²) in [5.41, 5.74) is 7.40. The van der Waals surface area contributed by atoms with Crippen LogP contribution in [-0.4, -0.2) is 33.8 Å². The van der Waals surface area contributed by atoms with Crippen LogP contribution in [0.1, 0.15) is 12.8 Å². The number of imidazole rings is 1. The number of fused-ring (bicyclic) bond motifs is 1. The lowest BCUT2D eigenvalue weighted by molar-refractivity contribution is -0.124. The number of rotatable bonds is 2. The quantitative estimate of drug-likeness (QED) is 0.843. The van der Waals surface area contributed by atoms with Crippen LogP contribution in [-0.2, 0) is 23.6 Å². The van der Waals surface area contributed by atoms with Crippen LogP contribution in [0.2, 0.25) is 0 Å². The molecule has 0 atom stereocenters. The van der Waals surface area contributed by atoms with E-state index in [1.54, 1.807) is 35.4 Å². The van der Waals surface area contributed by atoms with Crippen LogP contribution in [0, 0.1) is 0 Å². The number of anilines is 1. The first-order chi connectivity index (χ1) is 10.4. The van der Waals surface area contributed by atoms with Crippen molar-refractivity contribution in [2.75, 3.05) is 18.5 Å². The molecular weight excluding hydrogens is 320 g/mol. The SMILES string of the molecule is Cl.Cn1c(=O)n(C)c2cc(NC(=O)C3(N)CCOCC3)ccc21. The number of amides is 1. The van der Waals surface area contributed by atoms with E-state index >= 15 is 0 Å². The van der Waals surface area contributed by atoms with E-state index in [9.17, 15) is 9.59 Å². The molecule has 3 N–H and O–H groups in total. The Morgan fingerprint density at radius 2 is 1.83 bits per heavy atom. The Morgan fingerprint density at radius 1 is 1.22 bits per heavy atom. The Bertz CT molecular complexity index is 790. The van der Waals surface area contributed by atoms with E-state index in [1.807, 2.05) is 6.07 Å². The zero-order valence-electron chi connectivity index (χ0n) is 13.2. The maximum absolute atomic E-state index is 12.4.